The Balaban J connectivity index is 1.33. The van der Waals surface area contributed by atoms with E-state index in [0.29, 0.717) is 19.6 Å². The molecule has 2 aliphatic rings. The Morgan fingerprint density at radius 1 is 1.17 bits per heavy atom. The maximum absolute atomic E-state index is 12.2. The predicted molar refractivity (Wildman–Crippen MR) is 90.0 cm³/mol. The molecule has 5 heteroatoms. The summed E-state index contributed by atoms with van der Waals surface area (Å²) in [5.41, 5.74) is 2.00. The van der Waals surface area contributed by atoms with Crippen LogP contribution in [0.2, 0.25) is 0 Å². The summed E-state index contributed by atoms with van der Waals surface area (Å²) in [6, 6.07) is 8.23. The number of rotatable bonds is 5. The van der Waals surface area contributed by atoms with E-state index < -0.39 is 5.60 Å². The van der Waals surface area contributed by atoms with Crippen LogP contribution in [0.3, 0.4) is 0 Å². The zero-order valence-corrected chi connectivity index (χ0v) is 13.7. The lowest BCUT2D eigenvalue weighted by Crippen LogP contribution is -2.42. The topological polar surface area (TPSA) is 64.6 Å². The van der Waals surface area contributed by atoms with Crippen LogP contribution >= 0.6 is 0 Å². The molecule has 0 atom stereocenters. The first-order valence-corrected chi connectivity index (χ1v) is 8.69. The number of piperidine rings is 1. The molecule has 2 heterocycles. The summed E-state index contributed by atoms with van der Waals surface area (Å²) in [7, 11) is 0. The fourth-order valence-electron chi connectivity index (χ4n) is 3.51. The van der Waals surface area contributed by atoms with Crippen molar-refractivity contribution in [1.82, 2.24) is 15.5 Å². The van der Waals surface area contributed by atoms with Crippen molar-refractivity contribution < 1.29 is 9.90 Å². The Morgan fingerprint density at radius 3 is 2.48 bits per heavy atom. The lowest BCUT2D eigenvalue weighted by Gasteiger charge is -2.32. The van der Waals surface area contributed by atoms with E-state index >= 15 is 0 Å². The van der Waals surface area contributed by atoms with Gasteiger partial charge in [-0.2, -0.15) is 0 Å². The van der Waals surface area contributed by atoms with Gasteiger partial charge in [0, 0.05) is 19.6 Å². The zero-order valence-electron chi connectivity index (χ0n) is 13.7. The van der Waals surface area contributed by atoms with Crippen molar-refractivity contribution in [3.8, 4) is 0 Å². The summed E-state index contributed by atoms with van der Waals surface area (Å²) in [6.07, 6.45) is 4.38. The van der Waals surface area contributed by atoms with Gasteiger partial charge in [-0.05, 0) is 56.3 Å². The molecule has 126 valence electrons. The molecule has 0 aromatic heterocycles. The van der Waals surface area contributed by atoms with E-state index in [9.17, 15) is 9.90 Å². The summed E-state index contributed by atoms with van der Waals surface area (Å²) < 4.78 is 0. The minimum Gasteiger partial charge on any atom is -0.390 e. The fraction of sp³-hybridized carbons (Fsp3) is 0.611. The van der Waals surface area contributed by atoms with Gasteiger partial charge in [-0.25, -0.2) is 4.79 Å². The number of aliphatic hydroxyl groups is 1. The van der Waals surface area contributed by atoms with Gasteiger partial charge in [0.25, 0.3) is 0 Å². The second-order valence-corrected chi connectivity index (χ2v) is 6.79. The molecule has 3 rings (SSSR count). The molecule has 0 unspecified atom stereocenters. The number of hydrogen-bond donors (Lipinski definition) is 3. The monoisotopic (exact) mass is 317 g/mol. The Labute approximate surface area is 138 Å². The molecule has 0 bridgehead atoms. The van der Waals surface area contributed by atoms with Crippen LogP contribution in [0.4, 0.5) is 4.79 Å². The van der Waals surface area contributed by atoms with E-state index in [1.165, 1.54) is 11.1 Å². The highest BCUT2D eigenvalue weighted by molar-refractivity contribution is 5.75. The molecular formula is C18H27N3O2. The number of unbranched alkanes of at least 4 members (excludes halogenated alkanes) is 1. The third-order valence-electron chi connectivity index (χ3n) is 5.01. The van der Waals surface area contributed by atoms with E-state index in [2.05, 4.69) is 22.8 Å². The molecule has 1 saturated heterocycles. The minimum atomic E-state index is -0.494. The largest absolute Gasteiger partial charge is 0.390 e. The number of benzene rings is 1. The molecule has 0 radical (unpaired) electrons. The number of carbonyl (C=O) groups is 1. The van der Waals surface area contributed by atoms with Crippen LogP contribution < -0.4 is 10.6 Å². The number of amides is 2. The van der Waals surface area contributed by atoms with Crippen molar-refractivity contribution in [1.29, 1.82) is 0 Å². The van der Waals surface area contributed by atoms with Gasteiger partial charge >= 0.3 is 6.03 Å². The SMILES string of the molecule is O=C(NCCCCC1(O)CCNCC1)N1Cc2ccccc2C1. The summed E-state index contributed by atoms with van der Waals surface area (Å²) in [5, 5.41) is 16.7. The van der Waals surface area contributed by atoms with Gasteiger partial charge in [-0.1, -0.05) is 24.3 Å². The molecule has 1 fully saturated rings. The average Bonchev–Trinajstić information content (AvgIpc) is 2.99. The number of hydrogen-bond acceptors (Lipinski definition) is 3. The Kier molecular flexibility index (Phi) is 5.18. The Morgan fingerprint density at radius 2 is 1.83 bits per heavy atom. The highest BCUT2D eigenvalue weighted by atomic mass is 16.3. The molecule has 2 amide bonds. The van der Waals surface area contributed by atoms with Crippen molar-refractivity contribution in [2.45, 2.75) is 50.8 Å². The molecule has 1 aromatic rings. The first kappa shape index (κ1) is 16.3. The quantitative estimate of drug-likeness (QED) is 0.728. The van der Waals surface area contributed by atoms with Gasteiger partial charge in [0.1, 0.15) is 0 Å². The maximum Gasteiger partial charge on any atom is 0.318 e. The summed E-state index contributed by atoms with van der Waals surface area (Å²) in [5.74, 6) is 0. The highest BCUT2D eigenvalue weighted by Gasteiger charge is 2.28. The number of carbonyl (C=O) groups excluding carboxylic acids is 1. The molecule has 2 aliphatic heterocycles. The molecule has 3 N–H and O–H groups in total. The van der Waals surface area contributed by atoms with Crippen molar-refractivity contribution in [2.24, 2.45) is 0 Å². The smallest absolute Gasteiger partial charge is 0.318 e. The predicted octanol–water partition coefficient (Wildman–Crippen LogP) is 2.00. The molecule has 0 spiro atoms. The highest BCUT2D eigenvalue weighted by Crippen LogP contribution is 2.24. The Bertz CT molecular complexity index is 516. The molecule has 0 saturated carbocycles. The van der Waals surface area contributed by atoms with Crippen LogP contribution in [0.25, 0.3) is 0 Å². The molecule has 23 heavy (non-hydrogen) atoms. The van der Waals surface area contributed by atoms with Crippen molar-refractivity contribution in [3.05, 3.63) is 35.4 Å². The third-order valence-corrected chi connectivity index (χ3v) is 5.01. The lowest BCUT2D eigenvalue weighted by molar-refractivity contribution is 0.000488. The minimum absolute atomic E-state index is 0.0155. The average molecular weight is 317 g/mol. The van der Waals surface area contributed by atoms with Crippen LogP contribution in [0.15, 0.2) is 24.3 Å². The number of fused-ring (bicyclic) bond motifs is 1. The lowest BCUT2D eigenvalue weighted by atomic mass is 9.87. The number of nitrogens with one attached hydrogen (secondary N) is 2. The van der Waals surface area contributed by atoms with Crippen LogP contribution in [0, 0.1) is 0 Å². The second-order valence-electron chi connectivity index (χ2n) is 6.79. The van der Waals surface area contributed by atoms with Gasteiger partial charge in [0.2, 0.25) is 0 Å². The third kappa shape index (κ3) is 4.24. The van der Waals surface area contributed by atoms with Gasteiger partial charge in [0.15, 0.2) is 0 Å². The van der Waals surface area contributed by atoms with Crippen LogP contribution in [0.1, 0.15) is 43.2 Å². The van der Waals surface area contributed by atoms with E-state index in [4.69, 9.17) is 0 Å². The molecule has 0 aliphatic carbocycles. The fourth-order valence-corrected chi connectivity index (χ4v) is 3.51. The Hall–Kier alpha value is -1.59. The van der Waals surface area contributed by atoms with Gasteiger partial charge in [-0.15, -0.1) is 0 Å². The standard InChI is InChI=1S/C18H27N3O2/c22-17(21-13-15-5-1-2-6-16(15)14-21)20-10-4-3-7-18(23)8-11-19-12-9-18/h1-2,5-6,19,23H,3-4,7-14H2,(H,20,22). The summed E-state index contributed by atoms with van der Waals surface area (Å²) in [6.45, 7) is 3.90. The number of urea groups is 1. The van der Waals surface area contributed by atoms with E-state index in [1.54, 1.807) is 0 Å². The van der Waals surface area contributed by atoms with Gasteiger partial charge in [0.05, 0.1) is 5.60 Å². The second kappa shape index (κ2) is 7.32. The zero-order chi connectivity index (χ0) is 16.1. The summed E-state index contributed by atoms with van der Waals surface area (Å²) in [4.78, 5) is 14.1. The van der Waals surface area contributed by atoms with Crippen LogP contribution in [-0.2, 0) is 13.1 Å². The maximum atomic E-state index is 12.2. The first-order chi connectivity index (χ1) is 11.2. The van der Waals surface area contributed by atoms with Crippen LogP contribution in [0.5, 0.6) is 0 Å². The molecular weight excluding hydrogens is 290 g/mol. The van der Waals surface area contributed by atoms with E-state index in [-0.39, 0.29) is 6.03 Å². The van der Waals surface area contributed by atoms with Crippen LogP contribution in [-0.4, -0.2) is 41.3 Å². The normalized spacial score (nSPS) is 19.4. The first-order valence-electron chi connectivity index (χ1n) is 8.69. The van der Waals surface area contributed by atoms with E-state index in [0.717, 1.165) is 45.2 Å². The van der Waals surface area contributed by atoms with E-state index in [1.807, 2.05) is 17.0 Å². The van der Waals surface area contributed by atoms with Crippen molar-refractivity contribution in [2.75, 3.05) is 19.6 Å². The number of nitrogens with zero attached hydrogens (tertiary/aromatic N) is 1. The molecule has 1 aromatic carbocycles. The van der Waals surface area contributed by atoms with Crippen molar-refractivity contribution in [3.63, 3.8) is 0 Å². The molecule has 5 nitrogen and oxygen atoms in total. The van der Waals surface area contributed by atoms with Gasteiger partial charge < -0.3 is 20.6 Å². The van der Waals surface area contributed by atoms with Crippen molar-refractivity contribution >= 4 is 6.03 Å². The summed E-state index contributed by atoms with van der Waals surface area (Å²) >= 11 is 0. The van der Waals surface area contributed by atoms with Gasteiger partial charge in [-0.3, -0.25) is 0 Å².